The third kappa shape index (κ3) is 6.16. The van der Waals surface area contributed by atoms with Crippen LogP contribution < -0.4 is 22.7 Å². The summed E-state index contributed by atoms with van der Waals surface area (Å²) in [6.07, 6.45) is 5.04. The Bertz CT molecular complexity index is 233. The molecule has 0 radical (unpaired) electrons. The van der Waals surface area contributed by atoms with Crippen LogP contribution in [0.25, 0.3) is 0 Å². The number of hydrogen-bond acceptors (Lipinski definition) is 2. The number of aryl methyl sites for hydroxylation is 1. The molecule has 13 heavy (non-hydrogen) atoms. The normalized spacial score (nSPS) is 8.46. The smallest absolute Gasteiger partial charge is 0.182 e. The highest BCUT2D eigenvalue weighted by atomic mass is 35.5. The fourth-order valence-corrected chi connectivity index (χ4v) is 1.16. The monoisotopic (exact) mass is 240 g/mol. The molecule has 0 aliphatic carbocycles. The maximum absolute atomic E-state index is 5.38. The van der Waals surface area contributed by atoms with E-state index in [1.165, 1.54) is 0 Å². The van der Waals surface area contributed by atoms with Gasteiger partial charge in [-0.2, -0.15) is 0 Å². The van der Waals surface area contributed by atoms with Gasteiger partial charge in [0.15, 0.2) is 12.4 Å². The number of halogens is 2. The van der Waals surface area contributed by atoms with E-state index in [9.17, 15) is 0 Å². The topological polar surface area (TPSA) is 29.9 Å². The third-order valence-corrected chi connectivity index (χ3v) is 1.73. The summed E-state index contributed by atoms with van der Waals surface area (Å²) in [4.78, 5) is 0.990. The Kier molecular flexibility index (Phi) is 10.3. The molecule has 0 amide bonds. The molecule has 0 aliphatic heterocycles. The summed E-state index contributed by atoms with van der Waals surface area (Å²) in [7, 11) is 0. The first-order valence-corrected chi connectivity index (χ1v) is 4.16. The summed E-state index contributed by atoms with van der Waals surface area (Å²) < 4.78 is 2.09. The maximum Gasteiger partial charge on any atom is 0.182 e. The van der Waals surface area contributed by atoms with Crippen molar-refractivity contribution in [1.29, 1.82) is 0 Å². The van der Waals surface area contributed by atoms with Gasteiger partial charge in [0, 0.05) is 12.5 Å². The summed E-state index contributed by atoms with van der Waals surface area (Å²) in [5, 5.41) is 0. The van der Waals surface area contributed by atoms with Crippen molar-refractivity contribution in [2.45, 2.75) is 17.9 Å². The van der Waals surface area contributed by atoms with Crippen molar-refractivity contribution in [1.82, 2.24) is 0 Å². The largest absolute Gasteiger partial charge is 1.00 e. The van der Waals surface area contributed by atoms with Crippen LogP contribution in [0.1, 0.15) is 6.42 Å². The number of nitrogens with two attached hydrogens (primary N) is 1. The van der Waals surface area contributed by atoms with Gasteiger partial charge in [-0.25, -0.2) is 4.57 Å². The molecule has 0 spiro atoms. The molecule has 1 aromatic heterocycles. The van der Waals surface area contributed by atoms with Gasteiger partial charge in [0.25, 0.3) is 0 Å². The van der Waals surface area contributed by atoms with Gasteiger partial charge in [0.05, 0.1) is 4.90 Å². The Morgan fingerprint density at radius 3 is 2.69 bits per heavy atom. The Hall–Kier alpha value is 0.0400. The Labute approximate surface area is 96.8 Å². The standard InChI is InChI=1S/C8H12N2S.2ClH/c9-4-2-6-10-5-1-3-8(11)7-10;;/h1,3,5,7H,2,4,6,9H2;2*1H. The average molecular weight is 241 g/mol. The van der Waals surface area contributed by atoms with Crippen LogP contribution in [0.4, 0.5) is 0 Å². The molecule has 0 fully saturated rings. The van der Waals surface area contributed by atoms with E-state index in [1.54, 1.807) is 0 Å². The summed E-state index contributed by atoms with van der Waals surface area (Å²) in [5.41, 5.74) is 5.38. The molecule has 0 saturated heterocycles. The number of pyridine rings is 1. The van der Waals surface area contributed by atoms with Crippen molar-refractivity contribution in [3.63, 3.8) is 0 Å². The molecule has 1 heterocycles. The van der Waals surface area contributed by atoms with E-state index >= 15 is 0 Å². The van der Waals surface area contributed by atoms with Gasteiger partial charge in [0.1, 0.15) is 6.54 Å². The van der Waals surface area contributed by atoms with Gasteiger partial charge in [-0.1, -0.05) is 0 Å². The molecule has 0 bridgehead atoms. The number of aromatic nitrogens is 1. The minimum Gasteiger partial charge on any atom is -1.00 e. The van der Waals surface area contributed by atoms with E-state index < -0.39 is 0 Å². The molecule has 0 unspecified atom stereocenters. The highest BCUT2D eigenvalue weighted by molar-refractivity contribution is 7.80. The lowest BCUT2D eigenvalue weighted by Gasteiger charge is -1.94. The average Bonchev–Trinajstić information content (AvgIpc) is 2.01. The first kappa shape index (κ1) is 15.5. The van der Waals surface area contributed by atoms with E-state index in [1.807, 2.05) is 24.5 Å². The van der Waals surface area contributed by atoms with Gasteiger partial charge in [-0.3, -0.25) is 0 Å². The zero-order valence-corrected chi connectivity index (χ0v) is 9.66. The van der Waals surface area contributed by atoms with Crippen LogP contribution in [0.15, 0.2) is 29.4 Å². The van der Waals surface area contributed by atoms with E-state index in [-0.39, 0.29) is 24.8 Å². The van der Waals surface area contributed by atoms with Gasteiger partial charge in [-0.15, -0.1) is 25.0 Å². The predicted octanol–water partition coefficient (Wildman–Crippen LogP) is -1.96. The minimum absolute atomic E-state index is 0. The maximum atomic E-state index is 5.38. The number of nitrogens with zero attached hydrogens (tertiary/aromatic N) is 1. The Morgan fingerprint density at radius 1 is 1.46 bits per heavy atom. The SMILES string of the molecule is Cl.NCCC[n+]1cccc(S)c1.[Cl-]. The molecule has 76 valence electrons. The Balaban J connectivity index is 0. The number of thiol groups is 1. The fraction of sp³-hybridized carbons (Fsp3) is 0.375. The van der Waals surface area contributed by atoms with Crippen molar-refractivity contribution in [3.8, 4) is 0 Å². The van der Waals surface area contributed by atoms with Crippen LogP contribution in [0.3, 0.4) is 0 Å². The van der Waals surface area contributed by atoms with Crippen LogP contribution in [-0.2, 0) is 6.54 Å². The van der Waals surface area contributed by atoms with Crippen molar-refractivity contribution in [2.24, 2.45) is 5.73 Å². The van der Waals surface area contributed by atoms with Gasteiger partial charge < -0.3 is 18.1 Å². The highest BCUT2D eigenvalue weighted by Gasteiger charge is 1.97. The summed E-state index contributed by atoms with van der Waals surface area (Å²) in [6, 6.07) is 3.95. The van der Waals surface area contributed by atoms with E-state index in [4.69, 9.17) is 5.73 Å². The van der Waals surface area contributed by atoms with Crippen LogP contribution in [0, 0.1) is 0 Å². The lowest BCUT2D eigenvalue weighted by Crippen LogP contribution is -3.00. The third-order valence-electron chi connectivity index (χ3n) is 1.46. The van der Waals surface area contributed by atoms with E-state index in [0.717, 1.165) is 24.4 Å². The molecule has 2 N–H and O–H groups in total. The second-order valence-electron chi connectivity index (χ2n) is 2.44. The van der Waals surface area contributed by atoms with E-state index in [0.29, 0.717) is 0 Å². The molecule has 0 aliphatic rings. The first-order chi connectivity index (χ1) is 5.33. The zero-order chi connectivity index (χ0) is 8.10. The molecule has 1 aromatic rings. The second kappa shape index (κ2) is 8.63. The summed E-state index contributed by atoms with van der Waals surface area (Å²) in [5.74, 6) is 0. The van der Waals surface area contributed by atoms with Crippen LogP contribution in [0.5, 0.6) is 0 Å². The van der Waals surface area contributed by atoms with Crippen LogP contribution in [-0.4, -0.2) is 6.54 Å². The van der Waals surface area contributed by atoms with Crippen LogP contribution >= 0.6 is 25.0 Å². The van der Waals surface area contributed by atoms with Crippen molar-refractivity contribution in [3.05, 3.63) is 24.5 Å². The molecule has 5 heteroatoms. The fourth-order valence-electron chi connectivity index (χ4n) is 0.921. The van der Waals surface area contributed by atoms with Gasteiger partial charge >= 0.3 is 0 Å². The summed E-state index contributed by atoms with van der Waals surface area (Å²) >= 11 is 4.22. The molecule has 1 rings (SSSR count). The molecule has 2 nitrogen and oxygen atoms in total. The lowest BCUT2D eigenvalue weighted by atomic mass is 10.4. The Morgan fingerprint density at radius 2 is 2.15 bits per heavy atom. The lowest BCUT2D eigenvalue weighted by molar-refractivity contribution is -0.698. The molecular formula is C8H14Cl2N2S. The quantitative estimate of drug-likeness (QED) is 0.467. The second-order valence-corrected chi connectivity index (χ2v) is 2.96. The van der Waals surface area contributed by atoms with Crippen molar-refractivity contribution >= 4 is 25.0 Å². The molecule has 0 atom stereocenters. The van der Waals surface area contributed by atoms with E-state index in [2.05, 4.69) is 17.2 Å². The minimum atomic E-state index is 0. The van der Waals surface area contributed by atoms with Crippen LogP contribution in [0.2, 0.25) is 0 Å². The number of hydrogen-bond donors (Lipinski definition) is 2. The molecule has 0 aromatic carbocycles. The number of rotatable bonds is 3. The molecule has 0 saturated carbocycles. The predicted molar refractivity (Wildman–Crippen MR) is 54.8 cm³/mol. The zero-order valence-electron chi connectivity index (χ0n) is 7.19. The first-order valence-electron chi connectivity index (χ1n) is 3.71. The highest BCUT2D eigenvalue weighted by Crippen LogP contribution is 1.98. The van der Waals surface area contributed by atoms with Gasteiger partial charge in [0.2, 0.25) is 0 Å². The van der Waals surface area contributed by atoms with Gasteiger partial charge in [-0.05, 0) is 12.6 Å². The molecular weight excluding hydrogens is 227 g/mol. The van der Waals surface area contributed by atoms with Crippen molar-refractivity contribution in [2.75, 3.05) is 6.54 Å². The summed E-state index contributed by atoms with van der Waals surface area (Å²) in [6.45, 7) is 1.72. The van der Waals surface area contributed by atoms with Crippen molar-refractivity contribution < 1.29 is 17.0 Å².